The van der Waals surface area contributed by atoms with Crippen LogP contribution in [0, 0.1) is 6.92 Å². The highest BCUT2D eigenvalue weighted by molar-refractivity contribution is 5.96. The standard InChI is InChI=1S/C11H14N2O3/c1-6-3-4-8(5-9(6)11(15)16)13-10(14)7(2)12/h3-5,7H,12H2,1-2H3,(H,13,14)(H,15,16). The third-order valence-corrected chi connectivity index (χ3v) is 2.15. The second kappa shape index (κ2) is 4.76. The van der Waals surface area contributed by atoms with Crippen LogP contribution < -0.4 is 11.1 Å². The highest BCUT2D eigenvalue weighted by Gasteiger charge is 2.11. The van der Waals surface area contributed by atoms with Crippen molar-refractivity contribution in [3.8, 4) is 0 Å². The van der Waals surface area contributed by atoms with Crippen LogP contribution in [0.1, 0.15) is 22.8 Å². The zero-order valence-electron chi connectivity index (χ0n) is 9.15. The van der Waals surface area contributed by atoms with E-state index in [1.54, 1.807) is 26.0 Å². The molecule has 0 heterocycles. The van der Waals surface area contributed by atoms with E-state index in [9.17, 15) is 9.59 Å². The molecular formula is C11H14N2O3. The summed E-state index contributed by atoms with van der Waals surface area (Å²) in [5, 5.41) is 11.4. The lowest BCUT2D eigenvalue weighted by Crippen LogP contribution is -2.32. The molecule has 86 valence electrons. The van der Waals surface area contributed by atoms with Crippen LogP contribution in [0.25, 0.3) is 0 Å². The fourth-order valence-electron chi connectivity index (χ4n) is 1.19. The molecule has 0 bridgehead atoms. The molecule has 0 fully saturated rings. The van der Waals surface area contributed by atoms with E-state index in [4.69, 9.17) is 10.8 Å². The molecule has 0 aromatic heterocycles. The molecule has 1 atom stereocenters. The summed E-state index contributed by atoms with van der Waals surface area (Å²) in [6.07, 6.45) is 0. The number of amides is 1. The van der Waals surface area contributed by atoms with Crippen LogP contribution in [-0.2, 0) is 4.79 Å². The van der Waals surface area contributed by atoms with Crippen LogP contribution in [-0.4, -0.2) is 23.0 Å². The SMILES string of the molecule is Cc1ccc(NC(=O)C(C)N)cc1C(=O)O. The first-order valence-corrected chi connectivity index (χ1v) is 4.82. The summed E-state index contributed by atoms with van der Waals surface area (Å²) < 4.78 is 0. The minimum absolute atomic E-state index is 0.169. The van der Waals surface area contributed by atoms with Crippen LogP contribution in [0.3, 0.4) is 0 Å². The van der Waals surface area contributed by atoms with Crippen LogP contribution in [0.2, 0.25) is 0 Å². The Labute approximate surface area is 93.3 Å². The fourth-order valence-corrected chi connectivity index (χ4v) is 1.19. The van der Waals surface area contributed by atoms with Gasteiger partial charge in [0.1, 0.15) is 0 Å². The minimum Gasteiger partial charge on any atom is -0.478 e. The number of hydrogen-bond acceptors (Lipinski definition) is 3. The molecule has 0 aliphatic heterocycles. The smallest absolute Gasteiger partial charge is 0.336 e. The molecule has 1 aromatic rings. The molecule has 0 aliphatic carbocycles. The normalized spacial score (nSPS) is 11.9. The van der Waals surface area contributed by atoms with E-state index < -0.39 is 12.0 Å². The zero-order chi connectivity index (χ0) is 12.3. The first kappa shape index (κ1) is 12.2. The van der Waals surface area contributed by atoms with Crippen LogP contribution in [0.4, 0.5) is 5.69 Å². The lowest BCUT2D eigenvalue weighted by molar-refractivity contribution is -0.117. The van der Waals surface area contributed by atoms with E-state index in [1.807, 2.05) is 0 Å². The van der Waals surface area contributed by atoms with Gasteiger partial charge in [0.2, 0.25) is 5.91 Å². The second-order valence-electron chi connectivity index (χ2n) is 3.61. The summed E-state index contributed by atoms with van der Waals surface area (Å²) in [7, 11) is 0. The molecule has 0 saturated heterocycles. The Hall–Kier alpha value is -1.88. The number of carboxylic acids is 1. The van der Waals surface area contributed by atoms with Crippen LogP contribution in [0.15, 0.2) is 18.2 Å². The molecule has 16 heavy (non-hydrogen) atoms. The number of hydrogen-bond donors (Lipinski definition) is 3. The van der Waals surface area contributed by atoms with Crippen molar-refractivity contribution in [3.63, 3.8) is 0 Å². The van der Waals surface area contributed by atoms with Gasteiger partial charge in [-0.2, -0.15) is 0 Å². The molecule has 0 radical (unpaired) electrons. The molecule has 5 heteroatoms. The molecule has 4 N–H and O–H groups in total. The molecular weight excluding hydrogens is 208 g/mol. The van der Waals surface area contributed by atoms with E-state index in [0.717, 1.165) is 0 Å². The van der Waals surface area contributed by atoms with Gasteiger partial charge in [0, 0.05) is 5.69 Å². The van der Waals surface area contributed by atoms with Crippen molar-refractivity contribution in [3.05, 3.63) is 29.3 Å². The summed E-state index contributed by atoms with van der Waals surface area (Å²) >= 11 is 0. The first-order chi connectivity index (χ1) is 7.41. The number of aryl methyl sites for hydroxylation is 1. The third-order valence-electron chi connectivity index (χ3n) is 2.15. The quantitative estimate of drug-likeness (QED) is 0.710. The van der Waals surface area contributed by atoms with Crippen molar-refractivity contribution >= 4 is 17.6 Å². The predicted octanol–water partition coefficient (Wildman–Crippen LogP) is 0.979. The van der Waals surface area contributed by atoms with E-state index in [2.05, 4.69) is 5.32 Å². The van der Waals surface area contributed by atoms with Crippen molar-refractivity contribution in [2.24, 2.45) is 5.73 Å². The van der Waals surface area contributed by atoms with E-state index in [0.29, 0.717) is 11.3 Å². The highest BCUT2D eigenvalue weighted by atomic mass is 16.4. The molecule has 0 saturated carbocycles. The average Bonchev–Trinajstić information content (AvgIpc) is 2.20. The van der Waals surface area contributed by atoms with Crippen molar-refractivity contribution in [1.82, 2.24) is 0 Å². The van der Waals surface area contributed by atoms with Crippen LogP contribution in [0.5, 0.6) is 0 Å². The number of anilines is 1. The Kier molecular flexibility index (Phi) is 3.63. The van der Waals surface area contributed by atoms with Gasteiger partial charge in [-0.3, -0.25) is 4.79 Å². The Morgan fingerprint density at radius 2 is 2.06 bits per heavy atom. The Balaban J connectivity index is 2.95. The summed E-state index contributed by atoms with van der Waals surface area (Å²) in [5.74, 6) is -1.37. The van der Waals surface area contributed by atoms with Gasteiger partial charge in [0.15, 0.2) is 0 Å². The average molecular weight is 222 g/mol. The van der Waals surface area contributed by atoms with Gasteiger partial charge in [-0.25, -0.2) is 4.79 Å². The predicted molar refractivity (Wildman–Crippen MR) is 60.4 cm³/mol. The van der Waals surface area contributed by atoms with Gasteiger partial charge in [-0.1, -0.05) is 6.07 Å². The number of nitrogens with one attached hydrogen (secondary N) is 1. The molecule has 1 aromatic carbocycles. The summed E-state index contributed by atoms with van der Waals surface area (Å²) in [6, 6.07) is 4.06. The molecule has 0 aliphatic rings. The molecule has 0 spiro atoms. The van der Waals surface area contributed by atoms with Crippen molar-refractivity contribution in [1.29, 1.82) is 0 Å². The lowest BCUT2D eigenvalue weighted by atomic mass is 10.1. The van der Waals surface area contributed by atoms with Gasteiger partial charge >= 0.3 is 5.97 Å². The fraction of sp³-hybridized carbons (Fsp3) is 0.273. The topological polar surface area (TPSA) is 92.4 Å². The van der Waals surface area contributed by atoms with Gasteiger partial charge in [-0.05, 0) is 31.5 Å². The number of carbonyl (C=O) groups is 2. The number of nitrogens with two attached hydrogens (primary N) is 1. The van der Waals surface area contributed by atoms with Gasteiger partial charge in [0.25, 0.3) is 0 Å². The Morgan fingerprint density at radius 3 is 2.56 bits per heavy atom. The first-order valence-electron chi connectivity index (χ1n) is 4.82. The number of carboxylic acid groups (broad SMARTS) is 1. The molecule has 1 rings (SSSR count). The van der Waals surface area contributed by atoms with Crippen molar-refractivity contribution in [2.75, 3.05) is 5.32 Å². The number of carbonyl (C=O) groups excluding carboxylic acids is 1. The van der Waals surface area contributed by atoms with E-state index in [-0.39, 0.29) is 11.5 Å². The maximum Gasteiger partial charge on any atom is 0.336 e. The number of aromatic carboxylic acids is 1. The number of benzene rings is 1. The third kappa shape index (κ3) is 2.80. The summed E-state index contributed by atoms with van der Waals surface area (Å²) in [4.78, 5) is 22.2. The molecule has 5 nitrogen and oxygen atoms in total. The Bertz CT molecular complexity index is 427. The van der Waals surface area contributed by atoms with Crippen LogP contribution >= 0.6 is 0 Å². The number of rotatable bonds is 3. The highest BCUT2D eigenvalue weighted by Crippen LogP contribution is 2.15. The van der Waals surface area contributed by atoms with Crippen molar-refractivity contribution < 1.29 is 14.7 Å². The maximum atomic E-state index is 11.3. The van der Waals surface area contributed by atoms with Crippen molar-refractivity contribution in [2.45, 2.75) is 19.9 Å². The van der Waals surface area contributed by atoms with E-state index in [1.165, 1.54) is 6.07 Å². The molecule has 1 unspecified atom stereocenters. The monoisotopic (exact) mass is 222 g/mol. The van der Waals surface area contributed by atoms with Gasteiger partial charge < -0.3 is 16.2 Å². The van der Waals surface area contributed by atoms with Gasteiger partial charge in [-0.15, -0.1) is 0 Å². The van der Waals surface area contributed by atoms with E-state index >= 15 is 0 Å². The van der Waals surface area contributed by atoms with Gasteiger partial charge in [0.05, 0.1) is 11.6 Å². The maximum absolute atomic E-state index is 11.3. The molecule has 1 amide bonds. The zero-order valence-corrected chi connectivity index (χ0v) is 9.15. The second-order valence-corrected chi connectivity index (χ2v) is 3.61. The lowest BCUT2D eigenvalue weighted by Gasteiger charge is -2.09. The summed E-state index contributed by atoms with van der Waals surface area (Å²) in [5.41, 5.74) is 6.63. The largest absolute Gasteiger partial charge is 0.478 e. The summed E-state index contributed by atoms with van der Waals surface area (Å²) in [6.45, 7) is 3.25. The Morgan fingerprint density at radius 1 is 1.44 bits per heavy atom. The minimum atomic E-state index is -1.02.